The van der Waals surface area contributed by atoms with Crippen molar-refractivity contribution in [1.29, 1.82) is 0 Å². The van der Waals surface area contributed by atoms with Crippen molar-refractivity contribution in [3.8, 4) is 23.6 Å². The molecule has 0 radical (unpaired) electrons. The molecule has 0 amide bonds. The molecule has 2 rings (SSSR count). The monoisotopic (exact) mass is 261 g/mol. The maximum Gasteiger partial charge on any atom is 0.104 e. The summed E-state index contributed by atoms with van der Waals surface area (Å²) >= 11 is 3.39. The first kappa shape index (κ1) is 9.94. The maximum absolute atomic E-state index is 5.24. The molecule has 0 bridgehead atoms. The van der Waals surface area contributed by atoms with Crippen LogP contribution in [0.5, 0.6) is 0 Å². The first-order chi connectivity index (χ1) is 7.31. The standard InChI is InChI=1S/C11H8BrN3/c1-2-7-15-11(8-13-14-15)9-3-5-10(12)6-4-9/h1,3-6,8H,7H2. The van der Waals surface area contributed by atoms with E-state index in [4.69, 9.17) is 6.42 Å². The second-order valence-corrected chi connectivity index (χ2v) is 3.90. The van der Waals surface area contributed by atoms with Gasteiger partial charge in [0.15, 0.2) is 0 Å². The lowest BCUT2D eigenvalue weighted by Gasteiger charge is -2.02. The van der Waals surface area contributed by atoms with Gasteiger partial charge in [-0.2, -0.15) is 0 Å². The third-order valence-corrected chi connectivity index (χ3v) is 2.53. The average molecular weight is 262 g/mol. The Morgan fingerprint density at radius 2 is 2.07 bits per heavy atom. The van der Waals surface area contributed by atoms with Crippen LogP contribution in [0.15, 0.2) is 34.9 Å². The van der Waals surface area contributed by atoms with Gasteiger partial charge in [0.2, 0.25) is 0 Å². The van der Waals surface area contributed by atoms with Gasteiger partial charge in [-0.15, -0.1) is 11.5 Å². The Hall–Kier alpha value is -1.60. The Balaban J connectivity index is 2.41. The molecule has 1 heterocycles. The van der Waals surface area contributed by atoms with Crippen LogP contribution >= 0.6 is 15.9 Å². The number of terminal acetylenes is 1. The van der Waals surface area contributed by atoms with Crippen LogP contribution in [-0.2, 0) is 6.54 Å². The number of rotatable bonds is 2. The highest BCUT2D eigenvalue weighted by molar-refractivity contribution is 9.10. The van der Waals surface area contributed by atoms with Gasteiger partial charge >= 0.3 is 0 Å². The van der Waals surface area contributed by atoms with E-state index in [1.54, 1.807) is 10.9 Å². The van der Waals surface area contributed by atoms with Gasteiger partial charge in [0.05, 0.1) is 11.9 Å². The normalized spacial score (nSPS) is 9.87. The fourth-order valence-electron chi connectivity index (χ4n) is 1.31. The molecule has 0 atom stereocenters. The number of benzene rings is 1. The highest BCUT2D eigenvalue weighted by atomic mass is 79.9. The van der Waals surface area contributed by atoms with Crippen LogP contribution in [0, 0.1) is 12.3 Å². The number of hydrogen-bond donors (Lipinski definition) is 0. The summed E-state index contributed by atoms with van der Waals surface area (Å²) in [5.41, 5.74) is 1.99. The lowest BCUT2D eigenvalue weighted by atomic mass is 10.2. The third kappa shape index (κ3) is 2.08. The molecule has 1 aromatic carbocycles. The fourth-order valence-corrected chi connectivity index (χ4v) is 1.57. The number of aromatic nitrogens is 3. The molecule has 0 saturated carbocycles. The zero-order valence-corrected chi connectivity index (χ0v) is 9.48. The Kier molecular flexibility index (Phi) is 2.84. The van der Waals surface area contributed by atoms with Crippen molar-refractivity contribution in [2.45, 2.75) is 6.54 Å². The number of halogens is 1. The lowest BCUT2D eigenvalue weighted by Crippen LogP contribution is -2.00. The minimum Gasteiger partial charge on any atom is -0.233 e. The molecule has 15 heavy (non-hydrogen) atoms. The Morgan fingerprint density at radius 1 is 1.33 bits per heavy atom. The molecule has 0 spiro atoms. The van der Waals surface area contributed by atoms with Crippen molar-refractivity contribution in [1.82, 2.24) is 15.0 Å². The van der Waals surface area contributed by atoms with Crippen LogP contribution in [0.3, 0.4) is 0 Å². The quantitative estimate of drug-likeness (QED) is 0.778. The summed E-state index contributed by atoms with van der Waals surface area (Å²) in [6.07, 6.45) is 6.95. The minimum atomic E-state index is 0.436. The smallest absolute Gasteiger partial charge is 0.104 e. The Bertz CT molecular complexity index is 493. The van der Waals surface area contributed by atoms with Crippen LogP contribution in [0.4, 0.5) is 0 Å². The largest absolute Gasteiger partial charge is 0.233 e. The highest BCUT2D eigenvalue weighted by Crippen LogP contribution is 2.20. The predicted molar refractivity (Wildman–Crippen MR) is 62.0 cm³/mol. The second-order valence-electron chi connectivity index (χ2n) is 2.99. The van der Waals surface area contributed by atoms with E-state index in [2.05, 4.69) is 32.2 Å². The van der Waals surface area contributed by atoms with E-state index in [-0.39, 0.29) is 0 Å². The molecule has 0 aliphatic carbocycles. The lowest BCUT2D eigenvalue weighted by molar-refractivity contribution is 0.679. The molecule has 4 heteroatoms. The van der Waals surface area contributed by atoms with Gasteiger partial charge in [-0.3, -0.25) is 0 Å². The van der Waals surface area contributed by atoms with Gasteiger partial charge in [-0.1, -0.05) is 39.2 Å². The Morgan fingerprint density at radius 3 is 2.73 bits per heavy atom. The van der Waals surface area contributed by atoms with E-state index in [1.165, 1.54) is 0 Å². The van der Waals surface area contributed by atoms with Gasteiger partial charge in [0.1, 0.15) is 6.54 Å². The summed E-state index contributed by atoms with van der Waals surface area (Å²) in [5.74, 6) is 2.54. The zero-order valence-electron chi connectivity index (χ0n) is 7.89. The van der Waals surface area contributed by atoms with Gasteiger partial charge in [-0.05, 0) is 12.1 Å². The van der Waals surface area contributed by atoms with Crippen molar-refractivity contribution in [3.63, 3.8) is 0 Å². The SMILES string of the molecule is C#CCn1nncc1-c1ccc(Br)cc1. The fraction of sp³-hybridized carbons (Fsp3) is 0.0909. The van der Waals surface area contributed by atoms with E-state index in [1.807, 2.05) is 24.3 Å². The maximum atomic E-state index is 5.24. The van der Waals surface area contributed by atoms with Gasteiger partial charge in [-0.25, -0.2) is 4.68 Å². The van der Waals surface area contributed by atoms with Crippen molar-refractivity contribution < 1.29 is 0 Å². The van der Waals surface area contributed by atoms with Crippen LogP contribution in [0.25, 0.3) is 11.3 Å². The summed E-state index contributed by atoms with van der Waals surface area (Å²) in [5, 5.41) is 7.76. The summed E-state index contributed by atoms with van der Waals surface area (Å²) in [4.78, 5) is 0. The first-order valence-electron chi connectivity index (χ1n) is 4.39. The summed E-state index contributed by atoms with van der Waals surface area (Å²) in [6, 6.07) is 7.94. The van der Waals surface area contributed by atoms with E-state index >= 15 is 0 Å². The minimum absolute atomic E-state index is 0.436. The van der Waals surface area contributed by atoms with Crippen molar-refractivity contribution in [2.24, 2.45) is 0 Å². The van der Waals surface area contributed by atoms with E-state index < -0.39 is 0 Å². The van der Waals surface area contributed by atoms with Gasteiger partial charge in [0, 0.05) is 10.0 Å². The van der Waals surface area contributed by atoms with Crippen molar-refractivity contribution in [2.75, 3.05) is 0 Å². The molecule has 0 saturated heterocycles. The topological polar surface area (TPSA) is 30.7 Å². The number of hydrogen-bond acceptors (Lipinski definition) is 2. The summed E-state index contributed by atoms with van der Waals surface area (Å²) in [6.45, 7) is 0.436. The molecular weight excluding hydrogens is 254 g/mol. The zero-order chi connectivity index (χ0) is 10.7. The van der Waals surface area contributed by atoms with E-state index in [0.29, 0.717) is 6.54 Å². The molecule has 0 aliphatic rings. The van der Waals surface area contributed by atoms with E-state index in [9.17, 15) is 0 Å². The molecule has 0 aliphatic heterocycles. The van der Waals surface area contributed by atoms with E-state index in [0.717, 1.165) is 15.7 Å². The molecule has 0 N–H and O–H groups in total. The molecule has 1 aromatic heterocycles. The molecule has 74 valence electrons. The molecule has 2 aromatic rings. The van der Waals surface area contributed by atoms with Crippen LogP contribution in [-0.4, -0.2) is 15.0 Å². The number of nitrogens with zero attached hydrogens (tertiary/aromatic N) is 3. The molecule has 0 fully saturated rings. The molecule has 0 unspecified atom stereocenters. The summed E-state index contributed by atoms with van der Waals surface area (Å²) < 4.78 is 2.74. The summed E-state index contributed by atoms with van der Waals surface area (Å²) in [7, 11) is 0. The van der Waals surface area contributed by atoms with Crippen LogP contribution in [0.2, 0.25) is 0 Å². The highest BCUT2D eigenvalue weighted by Gasteiger charge is 2.04. The van der Waals surface area contributed by atoms with Gasteiger partial charge in [0.25, 0.3) is 0 Å². The van der Waals surface area contributed by atoms with Crippen molar-refractivity contribution >= 4 is 15.9 Å². The third-order valence-electron chi connectivity index (χ3n) is 2.00. The van der Waals surface area contributed by atoms with Crippen molar-refractivity contribution in [3.05, 3.63) is 34.9 Å². The predicted octanol–water partition coefficient (Wildman–Crippen LogP) is 2.34. The first-order valence-corrected chi connectivity index (χ1v) is 5.18. The van der Waals surface area contributed by atoms with Gasteiger partial charge < -0.3 is 0 Å². The second kappa shape index (κ2) is 4.28. The van der Waals surface area contributed by atoms with Crippen LogP contribution < -0.4 is 0 Å². The van der Waals surface area contributed by atoms with Crippen LogP contribution in [0.1, 0.15) is 0 Å². The molecular formula is C11H8BrN3. The Labute approximate surface area is 96.2 Å². The molecule has 3 nitrogen and oxygen atoms in total. The average Bonchev–Trinajstić information content (AvgIpc) is 2.68.